The van der Waals surface area contributed by atoms with Gasteiger partial charge in [-0.1, -0.05) is 23.7 Å². The molecule has 1 N–H and O–H groups in total. The highest BCUT2D eigenvalue weighted by Gasteiger charge is 2.19. The number of imidazole rings is 1. The summed E-state index contributed by atoms with van der Waals surface area (Å²) in [6.45, 7) is 0.570. The standard InChI is InChI=1S/C12H13ClN4O2/c1-16-8-15-12(17(18)19)11(16)14-6-5-9-3-2-4-10(13)7-9/h2-4,7-8,14H,5-6H2,1H3. The topological polar surface area (TPSA) is 73.0 Å². The summed E-state index contributed by atoms with van der Waals surface area (Å²) in [7, 11) is 1.71. The average Bonchev–Trinajstić information content (AvgIpc) is 2.71. The Morgan fingerprint density at radius 3 is 3.00 bits per heavy atom. The molecule has 0 bridgehead atoms. The third-order valence-corrected chi connectivity index (χ3v) is 2.92. The zero-order valence-electron chi connectivity index (χ0n) is 10.3. The van der Waals surface area contributed by atoms with Gasteiger partial charge in [-0.15, -0.1) is 0 Å². The summed E-state index contributed by atoms with van der Waals surface area (Å²) in [5, 5.41) is 14.5. The first kappa shape index (κ1) is 13.4. The Bertz CT molecular complexity index is 597. The second-order valence-corrected chi connectivity index (χ2v) is 4.53. The maximum absolute atomic E-state index is 10.8. The van der Waals surface area contributed by atoms with Gasteiger partial charge in [0.15, 0.2) is 0 Å². The Balaban J connectivity index is 2.00. The summed E-state index contributed by atoms with van der Waals surface area (Å²) in [6, 6.07) is 7.53. The zero-order chi connectivity index (χ0) is 13.8. The maximum Gasteiger partial charge on any atom is 0.406 e. The van der Waals surface area contributed by atoms with E-state index in [4.69, 9.17) is 11.6 Å². The minimum atomic E-state index is -0.498. The van der Waals surface area contributed by atoms with Gasteiger partial charge < -0.3 is 15.4 Å². The number of halogens is 1. The second-order valence-electron chi connectivity index (χ2n) is 4.09. The van der Waals surface area contributed by atoms with Crippen molar-refractivity contribution in [3.63, 3.8) is 0 Å². The van der Waals surface area contributed by atoms with E-state index in [0.29, 0.717) is 17.4 Å². The number of hydrogen-bond donors (Lipinski definition) is 1. The van der Waals surface area contributed by atoms with Gasteiger partial charge in [0.2, 0.25) is 12.1 Å². The number of nitrogens with one attached hydrogen (secondary N) is 1. The first-order valence-corrected chi connectivity index (χ1v) is 6.10. The minimum Gasteiger partial charge on any atom is -0.364 e. The number of hydrogen-bond acceptors (Lipinski definition) is 4. The van der Waals surface area contributed by atoms with Crippen molar-refractivity contribution in [3.8, 4) is 0 Å². The monoisotopic (exact) mass is 280 g/mol. The lowest BCUT2D eigenvalue weighted by Crippen LogP contribution is -2.09. The molecule has 0 aliphatic heterocycles. The van der Waals surface area contributed by atoms with E-state index in [0.717, 1.165) is 12.0 Å². The highest BCUT2D eigenvalue weighted by atomic mass is 35.5. The fourth-order valence-electron chi connectivity index (χ4n) is 1.77. The van der Waals surface area contributed by atoms with Crippen molar-refractivity contribution in [2.24, 2.45) is 7.05 Å². The molecule has 1 aromatic carbocycles. The van der Waals surface area contributed by atoms with Crippen LogP contribution in [0, 0.1) is 10.1 Å². The Morgan fingerprint density at radius 1 is 1.53 bits per heavy atom. The number of nitro groups is 1. The first-order chi connectivity index (χ1) is 9.08. The van der Waals surface area contributed by atoms with Crippen LogP contribution in [0.3, 0.4) is 0 Å². The summed E-state index contributed by atoms with van der Waals surface area (Å²) in [5.74, 6) is 0.251. The molecule has 0 fully saturated rings. The largest absolute Gasteiger partial charge is 0.406 e. The minimum absolute atomic E-state index is 0.159. The van der Waals surface area contributed by atoms with Crippen LogP contribution in [0.5, 0.6) is 0 Å². The molecule has 0 atom stereocenters. The van der Waals surface area contributed by atoms with Crippen LogP contribution in [0.2, 0.25) is 5.02 Å². The number of rotatable bonds is 5. The molecule has 2 rings (SSSR count). The Morgan fingerprint density at radius 2 is 2.32 bits per heavy atom. The molecule has 100 valence electrons. The molecule has 0 saturated heterocycles. The van der Waals surface area contributed by atoms with Crippen LogP contribution in [0.4, 0.5) is 11.6 Å². The predicted molar refractivity (Wildman–Crippen MR) is 73.5 cm³/mol. The predicted octanol–water partition coefficient (Wildman–Crippen LogP) is 2.64. The summed E-state index contributed by atoms with van der Waals surface area (Å²) in [6.07, 6.45) is 2.14. The SMILES string of the molecule is Cn1cnc([N+](=O)[O-])c1NCCc1cccc(Cl)c1. The summed E-state index contributed by atoms with van der Waals surface area (Å²) >= 11 is 5.89. The molecule has 2 aromatic rings. The van der Waals surface area contributed by atoms with Crippen LogP contribution in [0.1, 0.15) is 5.56 Å². The van der Waals surface area contributed by atoms with Crippen LogP contribution in [-0.2, 0) is 13.5 Å². The number of anilines is 1. The summed E-state index contributed by atoms with van der Waals surface area (Å²) < 4.78 is 1.59. The molecule has 0 spiro atoms. The quantitative estimate of drug-likeness (QED) is 0.675. The molecule has 0 saturated carbocycles. The number of benzene rings is 1. The van der Waals surface area contributed by atoms with Gasteiger partial charge >= 0.3 is 5.82 Å². The van der Waals surface area contributed by atoms with Crippen LogP contribution in [0.25, 0.3) is 0 Å². The number of aromatic nitrogens is 2. The molecule has 6 nitrogen and oxygen atoms in total. The lowest BCUT2D eigenvalue weighted by molar-refractivity contribution is -0.388. The molecule has 0 amide bonds. The molecular weight excluding hydrogens is 268 g/mol. The molecule has 7 heteroatoms. The Kier molecular flexibility index (Phi) is 4.01. The van der Waals surface area contributed by atoms with Crippen LogP contribution < -0.4 is 5.32 Å². The average molecular weight is 281 g/mol. The smallest absolute Gasteiger partial charge is 0.364 e. The van der Waals surface area contributed by atoms with E-state index < -0.39 is 4.92 Å². The van der Waals surface area contributed by atoms with Crippen molar-refractivity contribution < 1.29 is 4.92 Å². The van der Waals surface area contributed by atoms with Crippen molar-refractivity contribution in [1.82, 2.24) is 9.55 Å². The lowest BCUT2D eigenvalue weighted by atomic mass is 10.1. The van der Waals surface area contributed by atoms with E-state index in [1.54, 1.807) is 11.6 Å². The van der Waals surface area contributed by atoms with Gasteiger partial charge in [-0.3, -0.25) is 4.57 Å². The van der Waals surface area contributed by atoms with Gasteiger partial charge in [0, 0.05) is 18.6 Å². The Labute approximate surface area is 115 Å². The molecule has 19 heavy (non-hydrogen) atoms. The van der Waals surface area contributed by atoms with Crippen LogP contribution in [0.15, 0.2) is 30.6 Å². The molecule has 1 aromatic heterocycles. The van der Waals surface area contributed by atoms with Crippen molar-refractivity contribution in [1.29, 1.82) is 0 Å². The van der Waals surface area contributed by atoms with Crippen LogP contribution >= 0.6 is 11.6 Å². The summed E-state index contributed by atoms with van der Waals surface area (Å²) in [5.41, 5.74) is 1.07. The maximum atomic E-state index is 10.8. The van der Waals surface area contributed by atoms with Gasteiger partial charge in [0.05, 0.1) is 0 Å². The molecule has 0 aliphatic carbocycles. The fraction of sp³-hybridized carbons (Fsp3) is 0.250. The van der Waals surface area contributed by atoms with E-state index in [1.807, 2.05) is 24.3 Å². The molecule has 1 heterocycles. The Hall–Kier alpha value is -2.08. The summed E-state index contributed by atoms with van der Waals surface area (Å²) in [4.78, 5) is 14.0. The fourth-order valence-corrected chi connectivity index (χ4v) is 1.99. The van der Waals surface area contributed by atoms with Gasteiger partial charge in [0.25, 0.3) is 0 Å². The number of nitrogens with zero attached hydrogens (tertiary/aromatic N) is 3. The van der Waals surface area contributed by atoms with Gasteiger partial charge in [-0.2, -0.15) is 0 Å². The molecule has 0 aliphatic rings. The van der Waals surface area contributed by atoms with E-state index in [2.05, 4.69) is 10.3 Å². The third-order valence-electron chi connectivity index (χ3n) is 2.69. The van der Waals surface area contributed by atoms with Gasteiger partial charge in [-0.25, -0.2) is 0 Å². The van der Waals surface area contributed by atoms with E-state index in [9.17, 15) is 10.1 Å². The van der Waals surface area contributed by atoms with Crippen molar-refractivity contribution >= 4 is 23.2 Å². The van der Waals surface area contributed by atoms with Gasteiger partial charge in [-0.05, 0) is 34.0 Å². The second kappa shape index (κ2) is 5.71. The number of aryl methyl sites for hydroxylation is 1. The van der Waals surface area contributed by atoms with Crippen molar-refractivity contribution in [2.45, 2.75) is 6.42 Å². The third kappa shape index (κ3) is 3.23. The lowest BCUT2D eigenvalue weighted by Gasteiger charge is -2.06. The normalized spacial score (nSPS) is 10.4. The highest BCUT2D eigenvalue weighted by Crippen LogP contribution is 2.21. The molecule has 0 unspecified atom stereocenters. The van der Waals surface area contributed by atoms with E-state index >= 15 is 0 Å². The van der Waals surface area contributed by atoms with Crippen LogP contribution in [-0.4, -0.2) is 21.0 Å². The zero-order valence-corrected chi connectivity index (χ0v) is 11.1. The van der Waals surface area contributed by atoms with Gasteiger partial charge in [0.1, 0.15) is 0 Å². The van der Waals surface area contributed by atoms with Crippen molar-refractivity contribution in [3.05, 3.63) is 51.3 Å². The van der Waals surface area contributed by atoms with E-state index in [1.165, 1.54) is 6.33 Å². The molecular formula is C12H13ClN4O2. The van der Waals surface area contributed by atoms with E-state index in [-0.39, 0.29) is 5.82 Å². The first-order valence-electron chi connectivity index (χ1n) is 5.72. The van der Waals surface area contributed by atoms with Crippen molar-refractivity contribution in [2.75, 3.05) is 11.9 Å². The molecule has 0 radical (unpaired) electrons. The highest BCUT2D eigenvalue weighted by molar-refractivity contribution is 6.30.